The van der Waals surface area contributed by atoms with E-state index in [1.807, 2.05) is 38.1 Å². The largest absolute Gasteiger partial charge is 0.399 e. The average molecular weight is 254 g/mol. The van der Waals surface area contributed by atoms with Crippen LogP contribution in [-0.4, -0.2) is 5.91 Å². The fourth-order valence-corrected chi connectivity index (χ4v) is 1.98. The minimum absolute atomic E-state index is 0.0914. The van der Waals surface area contributed by atoms with Crippen LogP contribution in [0, 0.1) is 13.8 Å². The Morgan fingerprint density at radius 1 is 1.16 bits per heavy atom. The highest BCUT2D eigenvalue weighted by Gasteiger charge is 2.08. The van der Waals surface area contributed by atoms with Gasteiger partial charge in [0.2, 0.25) is 0 Å². The number of amides is 1. The zero-order chi connectivity index (χ0) is 13.8. The van der Waals surface area contributed by atoms with Crippen molar-refractivity contribution < 1.29 is 4.79 Å². The van der Waals surface area contributed by atoms with Crippen molar-refractivity contribution in [2.45, 2.75) is 20.4 Å². The molecular weight excluding hydrogens is 236 g/mol. The number of aryl methyl sites for hydroxylation is 2. The van der Waals surface area contributed by atoms with Crippen LogP contribution in [0.25, 0.3) is 0 Å². The topological polar surface area (TPSA) is 55.1 Å². The highest BCUT2D eigenvalue weighted by Crippen LogP contribution is 2.13. The van der Waals surface area contributed by atoms with E-state index in [1.54, 1.807) is 12.1 Å². The molecule has 0 radical (unpaired) electrons. The molecule has 3 heteroatoms. The average Bonchev–Trinajstić information content (AvgIpc) is 2.39. The molecule has 19 heavy (non-hydrogen) atoms. The molecule has 0 aliphatic rings. The second-order valence-electron chi connectivity index (χ2n) is 4.75. The molecule has 2 rings (SSSR count). The van der Waals surface area contributed by atoms with Crippen molar-refractivity contribution in [3.8, 4) is 0 Å². The van der Waals surface area contributed by atoms with Gasteiger partial charge in [-0.3, -0.25) is 4.79 Å². The molecule has 98 valence electrons. The highest BCUT2D eigenvalue weighted by molar-refractivity contribution is 5.96. The quantitative estimate of drug-likeness (QED) is 0.827. The zero-order valence-corrected chi connectivity index (χ0v) is 11.2. The number of rotatable bonds is 3. The molecule has 0 fully saturated rings. The molecule has 0 aliphatic carbocycles. The van der Waals surface area contributed by atoms with Crippen LogP contribution in [0.1, 0.15) is 27.0 Å². The van der Waals surface area contributed by atoms with Gasteiger partial charge in [-0.05, 0) is 37.1 Å². The molecule has 3 nitrogen and oxygen atoms in total. The van der Waals surface area contributed by atoms with Crippen molar-refractivity contribution >= 4 is 11.6 Å². The third kappa shape index (κ3) is 3.35. The number of nitrogens with two attached hydrogens (primary N) is 1. The Bertz CT molecular complexity index is 605. The summed E-state index contributed by atoms with van der Waals surface area (Å²) in [6.07, 6.45) is 0. The van der Waals surface area contributed by atoms with Crippen LogP contribution >= 0.6 is 0 Å². The summed E-state index contributed by atoms with van der Waals surface area (Å²) >= 11 is 0. The van der Waals surface area contributed by atoms with Gasteiger partial charge in [0, 0.05) is 17.8 Å². The molecule has 0 bridgehead atoms. The SMILES string of the molecule is Cc1cccc(CNC(=O)c2cc(N)ccc2C)c1. The maximum absolute atomic E-state index is 12.1. The van der Waals surface area contributed by atoms with E-state index >= 15 is 0 Å². The van der Waals surface area contributed by atoms with Gasteiger partial charge in [-0.25, -0.2) is 0 Å². The van der Waals surface area contributed by atoms with E-state index in [9.17, 15) is 4.79 Å². The molecule has 0 aromatic heterocycles. The molecule has 0 heterocycles. The predicted molar refractivity (Wildman–Crippen MR) is 77.9 cm³/mol. The summed E-state index contributed by atoms with van der Waals surface area (Å²) in [5.41, 5.74) is 10.2. The summed E-state index contributed by atoms with van der Waals surface area (Å²) in [5, 5.41) is 2.92. The number of hydrogen-bond acceptors (Lipinski definition) is 2. The lowest BCUT2D eigenvalue weighted by Crippen LogP contribution is -2.23. The summed E-state index contributed by atoms with van der Waals surface area (Å²) in [6.45, 7) is 4.46. The van der Waals surface area contributed by atoms with Crippen LogP contribution in [-0.2, 0) is 6.54 Å². The van der Waals surface area contributed by atoms with Crippen LogP contribution in [0.2, 0.25) is 0 Å². The van der Waals surface area contributed by atoms with E-state index in [0.29, 0.717) is 17.8 Å². The maximum atomic E-state index is 12.1. The molecule has 0 unspecified atom stereocenters. The number of carbonyl (C=O) groups is 1. The summed E-state index contributed by atoms with van der Waals surface area (Å²) in [7, 11) is 0. The molecule has 0 aliphatic heterocycles. The van der Waals surface area contributed by atoms with E-state index in [1.165, 1.54) is 5.56 Å². The first kappa shape index (κ1) is 13.1. The summed E-state index contributed by atoms with van der Waals surface area (Å²) < 4.78 is 0. The molecule has 0 atom stereocenters. The predicted octanol–water partition coefficient (Wildman–Crippen LogP) is 2.82. The minimum atomic E-state index is -0.0914. The molecule has 3 N–H and O–H groups in total. The molecule has 0 saturated carbocycles. The maximum Gasteiger partial charge on any atom is 0.251 e. The smallest absolute Gasteiger partial charge is 0.251 e. The molecule has 0 saturated heterocycles. The molecule has 2 aromatic rings. The Morgan fingerprint density at radius 2 is 1.95 bits per heavy atom. The van der Waals surface area contributed by atoms with Crippen LogP contribution in [0.15, 0.2) is 42.5 Å². The van der Waals surface area contributed by atoms with Crippen LogP contribution in [0.4, 0.5) is 5.69 Å². The first-order chi connectivity index (χ1) is 9.06. The third-order valence-electron chi connectivity index (χ3n) is 3.04. The first-order valence-electron chi connectivity index (χ1n) is 6.26. The summed E-state index contributed by atoms with van der Waals surface area (Å²) in [5.74, 6) is -0.0914. The number of nitrogen functional groups attached to an aromatic ring is 1. The lowest BCUT2D eigenvalue weighted by atomic mass is 10.1. The number of benzene rings is 2. The Hall–Kier alpha value is -2.29. The first-order valence-corrected chi connectivity index (χ1v) is 6.26. The van der Waals surface area contributed by atoms with Gasteiger partial charge < -0.3 is 11.1 Å². The number of nitrogens with one attached hydrogen (secondary N) is 1. The monoisotopic (exact) mass is 254 g/mol. The van der Waals surface area contributed by atoms with E-state index in [4.69, 9.17) is 5.73 Å². The number of anilines is 1. The zero-order valence-electron chi connectivity index (χ0n) is 11.2. The third-order valence-corrected chi connectivity index (χ3v) is 3.04. The standard InChI is InChI=1S/C16H18N2O/c1-11-4-3-5-13(8-11)10-18-16(19)15-9-14(17)7-6-12(15)2/h3-9H,10,17H2,1-2H3,(H,18,19). The van der Waals surface area contributed by atoms with Crippen molar-refractivity contribution in [2.75, 3.05) is 5.73 Å². The lowest BCUT2D eigenvalue weighted by Gasteiger charge is -2.09. The van der Waals surface area contributed by atoms with Crippen molar-refractivity contribution in [1.82, 2.24) is 5.32 Å². The van der Waals surface area contributed by atoms with Crippen LogP contribution < -0.4 is 11.1 Å². The van der Waals surface area contributed by atoms with Gasteiger partial charge in [-0.1, -0.05) is 35.9 Å². The normalized spacial score (nSPS) is 10.2. The van der Waals surface area contributed by atoms with Gasteiger partial charge in [-0.15, -0.1) is 0 Å². The Kier molecular flexibility index (Phi) is 3.85. The fourth-order valence-electron chi connectivity index (χ4n) is 1.98. The number of hydrogen-bond donors (Lipinski definition) is 2. The van der Waals surface area contributed by atoms with Gasteiger partial charge >= 0.3 is 0 Å². The van der Waals surface area contributed by atoms with Gasteiger partial charge in [-0.2, -0.15) is 0 Å². The van der Waals surface area contributed by atoms with Crippen LogP contribution in [0.5, 0.6) is 0 Å². The fraction of sp³-hybridized carbons (Fsp3) is 0.188. The van der Waals surface area contributed by atoms with Crippen molar-refractivity contribution in [3.63, 3.8) is 0 Å². The summed E-state index contributed by atoms with van der Waals surface area (Å²) in [4.78, 5) is 12.1. The second-order valence-corrected chi connectivity index (χ2v) is 4.75. The molecule has 0 spiro atoms. The van der Waals surface area contributed by atoms with Crippen molar-refractivity contribution in [1.29, 1.82) is 0 Å². The molecule has 2 aromatic carbocycles. The van der Waals surface area contributed by atoms with Crippen molar-refractivity contribution in [2.24, 2.45) is 0 Å². The van der Waals surface area contributed by atoms with Gasteiger partial charge in [0.15, 0.2) is 0 Å². The minimum Gasteiger partial charge on any atom is -0.399 e. The second kappa shape index (κ2) is 5.57. The molecular formula is C16H18N2O. The Morgan fingerprint density at radius 3 is 2.68 bits per heavy atom. The highest BCUT2D eigenvalue weighted by atomic mass is 16.1. The van der Waals surface area contributed by atoms with E-state index < -0.39 is 0 Å². The van der Waals surface area contributed by atoms with E-state index in [-0.39, 0.29) is 5.91 Å². The van der Waals surface area contributed by atoms with E-state index in [2.05, 4.69) is 11.4 Å². The Balaban J connectivity index is 2.07. The summed E-state index contributed by atoms with van der Waals surface area (Å²) in [6, 6.07) is 13.5. The van der Waals surface area contributed by atoms with Gasteiger partial charge in [0.25, 0.3) is 5.91 Å². The Labute approximate surface area is 113 Å². The number of carbonyl (C=O) groups excluding carboxylic acids is 1. The molecule has 1 amide bonds. The van der Waals surface area contributed by atoms with Crippen molar-refractivity contribution in [3.05, 3.63) is 64.7 Å². The van der Waals surface area contributed by atoms with Crippen LogP contribution in [0.3, 0.4) is 0 Å². The van der Waals surface area contributed by atoms with Gasteiger partial charge in [0.05, 0.1) is 0 Å². The lowest BCUT2D eigenvalue weighted by molar-refractivity contribution is 0.0950. The van der Waals surface area contributed by atoms with Gasteiger partial charge in [0.1, 0.15) is 0 Å². The van der Waals surface area contributed by atoms with E-state index in [0.717, 1.165) is 11.1 Å².